The van der Waals surface area contributed by atoms with E-state index in [1.165, 1.54) is 17.4 Å². The number of nitrogens with zero attached hydrogens (tertiary/aromatic N) is 1. The van der Waals surface area contributed by atoms with Crippen molar-refractivity contribution in [2.45, 2.75) is 38.0 Å². The molecule has 3 N–H and O–H groups in total. The van der Waals surface area contributed by atoms with Gasteiger partial charge in [-0.15, -0.1) is 11.3 Å². The minimum absolute atomic E-state index is 0.302. The van der Waals surface area contributed by atoms with E-state index in [1.54, 1.807) is 18.2 Å². The molecule has 0 bridgehead atoms. The summed E-state index contributed by atoms with van der Waals surface area (Å²) in [5, 5.41) is -0.763. The van der Waals surface area contributed by atoms with Gasteiger partial charge in [0.05, 0.1) is 10.4 Å². The molecule has 4 rings (SSSR count). The van der Waals surface area contributed by atoms with E-state index in [4.69, 9.17) is 17.3 Å². The molecule has 1 unspecified atom stereocenters. The van der Waals surface area contributed by atoms with Gasteiger partial charge in [0.2, 0.25) is 10.0 Å². The monoisotopic (exact) mass is 519 g/mol. The van der Waals surface area contributed by atoms with Gasteiger partial charge in [-0.3, -0.25) is 9.71 Å². The highest BCUT2D eigenvalue weighted by molar-refractivity contribution is 7.90. The standard InChI is InChI=1S/C25H27ClFN3O2S2/c1-25(2)15-23(29-20(13-14-28)18-5-3-4-6-19(18)27)30-34(31,32)24(25)17-9-7-16(8-10-17)21-11-12-22(26)33-21/h3-12,20,24H,13-15,28H2,1-2H3,(H,29,30)/t20-,24?/m0/s1. The molecule has 0 saturated carbocycles. The first-order chi connectivity index (χ1) is 16.1. The van der Waals surface area contributed by atoms with E-state index in [1.807, 2.05) is 50.2 Å². The summed E-state index contributed by atoms with van der Waals surface area (Å²) in [6.45, 7) is 4.13. The Bertz CT molecular complexity index is 1300. The summed E-state index contributed by atoms with van der Waals surface area (Å²) < 4.78 is 44.6. The Kier molecular flexibility index (Phi) is 7.14. The molecular formula is C25H27ClFN3O2S2. The topological polar surface area (TPSA) is 84.5 Å². The summed E-state index contributed by atoms with van der Waals surface area (Å²) in [5.41, 5.74) is 7.20. The van der Waals surface area contributed by atoms with Crippen molar-refractivity contribution in [2.75, 3.05) is 6.54 Å². The summed E-state index contributed by atoms with van der Waals surface area (Å²) in [6, 6.07) is 17.2. The number of nitrogens with one attached hydrogen (secondary N) is 1. The van der Waals surface area contributed by atoms with Crippen LogP contribution in [0.25, 0.3) is 10.4 Å². The van der Waals surface area contributed by atoms with Crippen LogP contribution in [-0.2, 0) is 10.0 Å². The largest absolute Gasteiger partial charge is 0.330 e. The lowest BCUT2D eigenvalue weighted by Gasteiger charge is -2.39. The van der Waals surface area contributed by atoms with E-state index >= 15 is 0 Å². The van der Waals surface area contributed by atoms with E-state index < -0.39 is 26.7 Å². The fourth-order valence-corrected chi connectivity index (χ4v) is 7.64. The Balaban J connectivity index is 1.64. The molecule has 9 heteroatoms. The van der Waals surface area contributed by atoms with Crippen LogP contribution in [0.5, 0.6) is 0 Å². The third-order valence-corrected chi connectivity index (χ3v) is 9.32. The van der Waals surface area contributed by atoms with Crippen LogP contribution in [0.4, 0.5) is 4.39 Å². The maximum absolute atomic E-state index is 14.4. The van der Waals surface area contributed by atoms with Crippen molar-refractivity contribution in [1.82, 2.24) is 4.72 Å². The fourth-order valence-electron chi connectivity index (χ4n) is 4.58. The van der Waals surface area contributed by atoms with Crippen LogP contribution in [0.3, 0.4) is 0 Å². The van der Waals surface area contributed by atoms with Gasteiger partial charge in [0.25, 0.3) is 0 Å². The number of benzene rings is 2. The predicted molar refractivity (Wildman–Crippen MR) is 138 cm³/mol. The minimum atomic E-state index is -3.78. The van der Waals surface area contributed by atoms with Crippen LogP contribution in [0.15, 0.2) is 65.7 Å². The number of amidine groups is 1. The highest BCUT2D eigenvalue weighted by Crippen LogP contribution is 2.46. The van der Waals surface area contributed by atoms with Crippen LogP contribution in [0.1, 0.15) is 49.1 Å². The smallest absolute Gasteiger partial charge is 0.241 e. The Morgan fingerprint density at radius 2 is 1.88 bits per heavy atom. The van der Waals surface area contributed by atoms with Gasteiger partial charge in [-0.25, -0.2) is 12.8 Å². The molecule has 34 heavy (non-hydrogen) atoms. The van der Waals surface area contributed by atoms with Gasteiger partial charge >= 0.3 is 0 Å². The van der Waals surface area contributed by atoms with Crippen molar-refractivity contribution >= 4 is 38.8 Å². The Labute approximate surface area is 208 Å². The minimum Gasteiger partial charge on any atom is -0.330 e. The zero-order valence-electron chi connectivity index (χ0n) is 19.0. The molecule has 1 aliphatic heterocycles. The zero-order chi connectivity index (χ0) is 24.5. The second-order valence-electron chi connectivity index (χ2n) is 9.11. The van der Waals surface area contributed by atoms with Crippen LogP contribution >= 0.6 is 22.9 Å². The molecule has 1 aromatic heterocycles. The van der Waals surface area contributed by atoms with Gasteiger partial charge in [0.15, 0.2) is 0 Å². The fraction of sp³-hybridized carbons (Fsp3) is 0.320. The summed E-state index contributed by atoms with van der Waals surface area (Å²) in [7, 11) is -3.78. The normalized spacial score (nSPS) is 21.2. The SMILES string of the molecule is CC1(C)CC(=N[C@@H](CCN)c2ccccc2F)NS(=O)(=O)C1c1ccc(-c2ccc(Cl)s2)cc1. The molecule has 5 nitrogen and oxygen atoms in total. The summed E-state index contributed by atoms with van der Waals surface area (Å²) in [6.07, 6.45) is 0.804. The van der Waals surface area contributed by atoms with Crippen LogP contribution in [-0.4, -0.2) is 20.8 Å². The molecule has 2 heterocycles. The average Bonchev–Trinajstić information content (AvgIpc) is 3.19. The third-order valence-electron chi connectivity index (χ3n) is 5.99. The number of thiophene rings is 1. The summed E-state index contributed by atoms with van der Waals surface area (Å²) >= 11 is 7.52. The number of hydrogen-bond donors (Lipinski definition) is 2. The molecule has 2 atom stereocenters. The highest BCUT2D eigenvalue weighted by atomic mass is 35.5. The number of halogens is 2. The van der Waals surface area contributed by atoms with E-state index in [9.17, 15) is 12.8 Å². The quantitative estimate of drug-likeness (QED) is 0.413. The number of sulfonamides is 1. The predicted octanol–water partition coefficient (Wildman–Crippen LogP) is 6.09. The second kappa shape index (κ2) is 9.77. The zero-order valence-corrected chi connectivity index (χ0v) is 21.4. The first-order valence-corrected chi connectivity index (χ1v) is 13.7. The Morgan fingerprint density at radius 1 is 1.18 bits per heavy atom. The summed E-state index contributed by atoms with van der Waals surface area (Å²) in [4.78, 5) is 5.65. The van der Waals surface area contributed by atoms with Gasteiger partial charge in [-0.2, -0.15) is 0 Å². The Hall–Kier alpha value is -2.26. The van der Waals surface area contributed by atoms with Gasteiger partial charge in [0, 0.05) is 16.9 Å². The van der Waals surface area contributed by atoms with E-state index in [-0.39, 0.29) is 5.82 Å². The molecule has 0 radical (unpaired) electrons. The number of nitrogens with two attached hydrogens (primary N) is 1. The second-order valence-corrected chi connectivity index (χ2v) is 12.6. The van der Waals surface area contributed by atoms with Gasteiger partial charge in [0.1, 0.15) is 16.9 Å². The van der Waals surface area contributed by atoms with E-state index in [0.29, 0.717) is 40.7 Å². The molecule has 0 spiro atoms. The van der Waals surface area contributed by atoms with Crippen molar-refractivity contribution in [3.63, 3.8) is 0 Å². The van der Waals surface area contributed by atoms with Crippen molar-refractivity contribution < 1.29 is 12.8 Å². The number of aliphatic imine (C=N–C) groups is 1. The lowest BCUT2D eigenvalue weighted by Crippen LogP contribution is -2.48. The lowest BCUT2D eigenvalue weighted by atomic mass is 9.81. The van der Waals surface area contributed by atoms with Crippen LogP contribution in [0.2, 0.25) is 4.34 Å². The first kappa shape index (κ1) is 24.9. The van der Waals surface area contributed by atoms with Crippen molar-refractivity contribution in [3.8, 4) is 10.4 Å². The van der Waals surface area contributed by atoms with Crippen LogP contribution in [0, 0.1) is 11.2 Å². The first-order valence-electron chi connectivity index (χ1n) is 11.0. The third kappa shape index (κ3) is 5.20. The molecule has 0 aliphatic carbocycles. The molecule has 2 aromatic carbocycles. The molecule has 1 aliphatic rings. The molecule has 0 amide bonds. The summed E-state index contributed by atoms with van der Waals surface area (Å²) in [5.74, 6) is -0.0546. The molecule has 1 saturated heterocycles. The number of rotatable bonds is 6. The van der Waals surface area contributed by atoms with Gasteiger partial charge in [-0.05, 0) is 47.7 Å². The molecule has 1 fully saturated rings. The van der Waals surface area contributed by atoms with Gasteiger partial charge in [-0.1, -0.05) is 67.9 Å². The molecule has 180 valence electrons. The van der Waals surface area contributed by atoms with Crippen molar-refractivity contribution in [2.24, 2.45) is 16.1 Å². The van der Waals surface area contributed by atoms with E-state index in [0.717, 1.165) is 10.4 Å². The highest BCUT2D eigenvalue weighted by Gasteiger charge is 2.46. The molecular weight excluding hydrogens is 493 g/mol. The van der Waals surface area contributed by atoms with Crippen molar-refractivity contribution in [3.05, 3.63) is 81.9 Å². The van der Waals surface area contributed by atoms with Crippen molar-refractivity contribution in [1.29, 1.82) is 0 Å². The van der Waals surface area contributed by atoms with Gasteiger partial charge < -0.3 is 5.73 Å². The average molecular weight is 520 g/mol. The maximum atomic E-state index is 14.4. The number of hydrogen-bond acceptors (Lipinski definition) is 5. The maximum Gasteiger partial charge on any atom is 0.241 e. The van der Waals surface area contributed by atoms with E-state index in [2.05, 4.69) is 9.71 Å². The molecule has 3 aromatic rings. The van der Waals surface area contributed by atoms with Crippen LogP contribution < -0.4 is 10.5 Å². The Morgan fingerprint density at radius 3 is 2.47 bits per heavy atom. The lowest BCUT2D eigenvalue weighted by molar-refractivity contribution is 0.342.